The van der Waals surface area contributed by atoms with Gasteiger partial charge in [0.2, 0.25) is 5.95 Å². The molecule has 5 aromatic rings. The maximum atomic E-state index is 6.46. The molecule has 0 saturated carbocycles. The maximum Gasteiger partial charge on any atom is 0.227 e. The molecule has 0 spiro atoms. The minimum atomic E-state index is 0.180. The first kappa shape index (κ1) is 20.7. The van der Waals surface area contributed by atoms with Crippen molar-refractivity contribution in [2.75, 3.05) is 18.4 Å². The first-order valence-electron chi connectivity index (χ1n) is 11.1. The van der Waals surface area contributed by atoms with Gasteiger partial charge in [-0.15, -0.1) is 11.3 Å². The minimum absolute atomic E-state index is 0.180. The van der Waals surface area contributed by atoms with Gasteiger partial charge in [-0.05, 0) is 56.3 Å². The number of H-pyrrole nitrogens is 1. The SMILES string of the molecule is c1n[nH]c(-c2ccc(Nc3ncc4cc(-c5nccs5)c(OC5CCNCC5)cc4n3)cc2)n1. The van der Waals surface area contributed by atoms with Crippen LogP contribution in [-0.2, 0) is 0 Å². The van der Waals surface area contributed by atoms with Crippen LogP contribution in [0.15, 0.2) is 60.5 Å². The predicted octanol–water partition coefficient (Wildman–Crippen LogP) is 4.41. The van der Waals surface area contributed by atoms with Crippen molar-refractivity contribution in [1.29, 1.82) is 0 Å². The number of aromatic amines is 1. The van der Waals surface area contributed by atoms with Crippen molar-refractivity contribution < 1.29 is 4.74 Å². The highest BCUT2D eigenvalue weighted by atomic mass is 32.1. The third kappa shape index (κ3) is 4.33. The van der Waals surface area contributed by atoms with Crippen LogP contribution in [-0.4, -0.2) is 49.3 Å². The van der Waals surface area contributed by atoms with Crippen LogP contribution in [0.4, 0.5) is 11.6 Å². The zero-order valence-corrected chi connectivity index (χ0v) is 19.0. The number of thiazole rings is 1. The van der Waals surface area contributed by atoms with Crippen LogP contribution in [0.1, 0.15) is 12.8 Å². The highest BCUT2D eigenvalue weighted by Gasteiger charge is 2.19. The number of fused-ring (bicyclic) bond motifs is 1. The summed E-state index contributed by atoms with van der Waals surface area (Å²) in [5.74, 6) is 2.07. The molecule has 3 N–H and O–H groups in total. The number of aromatic nitrogens is 6. The molecule has 0 aliphatic carbocycles. The van der Waals surface area contributed by atoms with Crippen LogP contribution in [0.3, 0.4) is 0 Å². The van der Waals surface area contributed by atoms with Gasteiger partial charge in [-0.25, -0.2) is 19.9 Å². The lowest BCUT2D eigenvalue weighted by atomic mass is 10.1. The number of anilines is 2. The summed E-state index contributed by atoms with van der Waals surface area (Å²) in [7, 11) is 0. The number of nitrogens with zero attached hydrogens (tertiary/aromatic N) is 5. The molecular formula is C24H22N8OS. The highest BCUT2D eigenvalue weighted by Crippen LogP contribution is 2.36. The first-order valence-corrected chi connectivity index (χ1v) is 12.0. The molecule has 0 unspecified atom stereocenters. The number of benzene rings is 2. The number of hydrogen-bond acceptors (Lipinski definition) is 9. The Hall–Kier alpha value is -3.89. The molecule has 1 aliphatic heterocycles. The van der Waals surface area contributed by atoms with Gasteiger partial charge in [0, 0.05) is 40.5 Å². The highest BCUT2D eigenvalue weighted by molar-refractivity contribution is 7.13. The van der Waals surface area contributed by atoms with E-state index < -0.39 is 0 Å². The number of ether oxygens (including phenoxy) is 1. The molecule has 1 aliphatic rings. The van der Waals surface area contributed by atoms with Gasteiger partial charge in [0.15, 0.2) is 5.82 Å². The zero-order chi connectivity index (χ0) is 22.7. The van der Waals surface area contributed by atoms with Crippen LogP contribution < -0.4 is 15.4 Å². The van der Waals surface area contributed by atoms with Crippen molar-refractivity contribution >= 4 is 33.9 Å². The quantitative estimate of drug-likeness (QED) is 0.334. The van der Waals surface area contributed by atoms with E-state index in [-0.39, 0.29) is 6.10 Å². The minimum Gasteiger partial charge on any atom is -0.490 e. The van der Waals surface area contributed by atoms with Crippen molar-refractivity contribution in [3.63, 3.8) is 0 Å². The second-order valence-corrected chi connectivity index (χ2v) is 8.94. The summed E-state index contributed by atoms with van der Waals surface area (Å²) in [5, 5.41) is 17.3. The van der Waals surface area contributed by atoms with E-state index in [0.717, 1.165) is 70.2 Å². The molecule has 4 heterocycles. The maximum absolute atomic E-state index is 6.46. The average molecular weight is 471 g/mol. The molecule has 0 bridgehead atoms. The van der Waals surface area contributed by atoms with E-state index in [1.165, 1.54) is 6.33 Å². The first-order chi connectivity index (χ1) is 16.8. The van der Waals surface area contributed by atoms with Crippen molar-refractivity contribution in [2.45, 2.75) is 18.9 Å². The fourth-order valence-electron chi connectivity index (χ4n) is 4.02. The molecule has 0 amide bonds. The molecule has 170 valence electrons. The van der Waals surface area contributed by atoms with Crippen LogP contribution in [0.2, 0.25) is 0 Å². The standard InChI is InChI=1S/C24H22N8OS/c1-3-17(4-2-15(1)22-28-14-29-32-22)30-24-27-13-16-11-19(23-26-9-10-34-23)21(12-20(16)31-24)33-18-5-7-25-8-6-18/h1-4,9-14,18,25H,5-8H2,(H,27,30,31)(H,28,29,32). The van der Waals surface area contributed by atoms with E-state index in [4.69, 9.17) is 9.72 Å². The molecule has 6 rings (SSSR count). The second-order valence-electron chi connectivity index (χ2n) is 8.04. The molecule has 3 aromatic heterocycles. The third-order valence-electron chi connectivity index (χ3n) is 5.75. The normalized spacial score (nSPS) is 14.4. The predicted molar refractivity (Wildman–Crippen MR) is 132 cm³/mol. The number of hydrogen-bond donors (Lipinski definition) is 3. The summed E-state index contributed by atoms with van der Waals surface area (Å²) in [4.78, 5) is 18.0. The molecule has 10 heteroatoms. The van der Waals surface area contributed by atoms with Crippen LogP contribution in [0.25, 0.3) is 32.9 Å². The van der Waals surface area contributed by atoms with Gasteiger partial charge < -0.3 is 15.4 Å². The van der Waals surface area contributed by atoms with E-state index >= 15 is 0 Å². The summed E-state index contributed by atoms with van der Waals surface area (Å²) in [6, 6.07) is 11.9. The molecule has 34 heavy (non-hydrogen) atoms. The third-order valence-corrected chi connectivity index (χ3v) is 6.56. The Morgan fingerprint density at radius 3 is 2.68 bits per heavy atom. The second kappa shape index (κ2) is 9.16. The molecule has 2 aromatic carbocycles. The lowest BCUT2D eigenvalue weighted by Crippen LogP contribution is -2.34. The zero-order valence-electron chi connectivity index (χ0n) is 18.2. The molecule has 9 nitrogen and oxygen atoms in total. The van der Waals surface area contributed by atoms with Crippen LogP contribution in [0, 0.1) is 0 Å². The van der Waals surface area contributed by atoms with E-state index in [2.05, 4.69) is 41.8 Å². The van der Waals surface area contributed by atoms with Crippen molar-refractivity contribution in [1.82, 2.24) is 35.5 Å². The fraction of sp³-hybridized carbons (Fsp3) is 0.208. The number of rotatable bonds is 6. The van der Waals surface area contributed by atoms with Crippen molar-refractivity contribution in [3.05, 3.63) is 60.5 Å². The van der Waals surface area contributed by atoms with E-state index in [9.17, 15) is 0 Å². The topological polar surface area (TPSA) is 114 Å². The van der Waals surface area contributed by atoms with Gasteiger partial charge in [0.25, 0.3) is 0 Å². The van der Waals surface area contributed by atoms with Crippen molar-refractivity contribution in [3.8, 4) is 27.7 Å². The van der Waals surface area contributed by atoms with Gasteiger partial charge in [-0.3, -0.25) is 5.10 Å². The Balaban J connectivity index is 1.30. The van der Waals surface area contributed by atoms with Gasteiger partial charge in [-0.2, -0.15) is 5.10 Å². The van der Waals surface area contributed by atoms with E-state index in [1.54, 1.807) is 11.3 Å². The van der Waals surface area contributed by atoms with E-state index in [0.29, 0.717) is 5.95 Å². The Kier molecular flexibility index (Phi) is 5.58. The van der Waals surface area contributed by atoms with Crippen LogP contribution >= 0.6 is 11.3 Å². The molecular weight excluding hydrogens is 448 g/mol. The number of nitrogens with one attached hydrogen (secondary N) is 3. The number of piperidine rings is 1. The fourth-order valence-corrected chi connectivity index (χ4v) is 4.68. The van der Waals surface area contributed by atoms with Crippen molar-refractivity contribution in [2.24, 2.45) is 0 Å². The summed E-state index contributed by atoms with van der Waals surface area (Å²) in [6.45, 7) is 1.94. The molecule has 0 atom stereocenters. The summed E-state index contributed by atoms with van der Waals surface area (Å²) < 4.78 is 6.46. The van der Waals surface area contributed by atoms with Gasteiger partial charge in [-0.1, -0.05) is 0 Å². The summed E-state index contributed by atoms with van der Waals surface area (Å²) in [6.07, 6.45) is 7.29. The smallest absolute Gasteiger partial charge is 0.227 e. The lowest BCUT2D eigenvalue weighted by Gasteiger charge is -2.25. The Bertz CT molecular complexity index is 1380. The Labute approximate surface area is 199 Å². The average Bonchev–Trinajstić information content (AvgIpc) is 3.60. The van der Waals surface area contributed by atoms with Gasteiger partial charge >= 0.3 is 0 Å². The van der Waals surface area contributed by atoms with Gasteiger partial charge in [0.05, 0.1) is 11.1 Å². The molecule has 1 saturated heterocycles. The van der Waals surface area contributed by atoms with Crippen LogP contribution in [0.5, 0.6) is 5.75 Å². The lowest BCUT2D eigenvalue weighted by molar-refractivity contribution is 0.163. The summed E-state index contributed by atoms with van der Waals surface area (Å²) >= 11 is 1.60. The summed E-state index contributed by atoms with van der Waals surface area (Å²) in [5.41, 5.74) is 3.64. The van der Waals surface area contributed by atoms with Gasteiger partial charge in [0.1, 0.15) is 23.2 Å². The van der Waals surface area contributed by atoms with E-state index in [1.807, 2.05) is 48.1 Å². The molecule has 0 radical (unpaired) electrons. The molecule has 1 fully saturated rings. The largest absolute Gasteiger partial charge is 0.490 e. The Morgan fingerprint density at radius 2 is 1.91 bits per heavy atom. The Morgan fingerprint density at radius 1 is 1.03 bits per heavy atom. The monoisotopic (exact) mass is 470 g/mol.